The van der Waals surface area contributed by atoms with Gasteiger partial charge in [0.25, 0.3) is 6.71 Å². The third-order valence-corrected chi connectivity index (χ3v) is 14.3. The molecule has 6 heterocycles. The summed E-state index contributed by atoms with van der Waals surface area (Å²) in [4.78, 5) is 1.93. The number of rotatable bonds is 2. The Kier molecular flexibility index (Phi) is 4.14. The number of benzene rings is 9. The molecule has 3 aliphatic rings. The Balaban J connectivity index is 1.23. The molecule has 0 aliphatic carbocycles. The molecule has 0 bridgehead atoms. The first-order valence-corrected chi connectivity index (χ1v) is 23.0. The molecule has 0 fully saturated rings. The maximum atomic E-state index is 11.5. The van der Waals surface area contributed by atoms with Crippen molar-refractivity contribution in [3.63, 3.8) is 0 Å². The normalized spacial score (nSPS) is 19.4. The van der Waals surface area contributed by atoms with Crippen molar-refractivity contribution in [2.75, 3.05) is 9.80 Å². The second kappa shape index (κ2) is 13.6. The molecule has 7 heteroatoms. The Hall–Kier alpha value is -8.05. The van der Waals surface area contributed by atoms with E-state index in [1.54, 1.807) is 41.5 Å². The van der Waals surface area contributed by atoms with E-state index in [1.807, 2.05) is 6.07 Å². The lowest BCUT2D eigenvalue weighted by Crippen LogP contribution is -2.61. The molecule has 0 radical (unpaired) electrons. The van der Waals surface area contributed by atoms with Crippen molar-refractivity contribution in [3.8, 4) is 17.4 Å². The SMILES string of the molecule is [2H]c1c([2H])c2c3c(c1[2H])-n1c4c([2H])c([2H])c([2H])c([2H])c4c4c([2H])c([2H])c([2H])c(c41)N3c1c([2H])c(C#N)c([2H])c3c1B2c1c([2H])c([2H])c(-n2c4c([2H])c([2H])c(C(C)(C)C)c([2H])c4c4c([2H])c(C(C)(C)C)c([2H])c([2H])c42)c([2H])c1N3c1c([2H])c([2H])c2sc3c([2H])c([2H])c([2H])c([2H])c3c2c1[2H]. The highest BCUT2D eigenvalue weighted by Crippen LogP contribution is 2.53. The van der Waals surface area contributed by atoms with Crippen LogP contribution < -0.4 is 26.2 Å². The van der Waals surface area contributed by atoms with Crippen molar-refractivity contribution in [1.29, 1.82) is 5.26 Å². The van der Waals surface area contributed by atoms with Gasteiger partial charge < -0.3 is 18.9 Å². The van der Waals surface area contributed by atoms with Crippen molar-refractivity contribution in [1.82, 2.24) is 9.13 Å². The molecule has 5 nitrogen and oxygen atoms in total. The number of nitrogens with zero attached hydrogens (tertiary/aromatic N) is 5. The van der Waals surface area contributed by atoms with Crippen molar-refractivity contribution in [3.05, 3.63) is 186 Å². The van der Waals surface area contributed by atoms with Crippen LogP contribution in [0.3, 0.4) is 0 Å². The first kappa shape index (κ1) is 21.3. The van der Waals surface area contributed by atoms with Crippen LogP contribution in [0.4, 0.5) is 34.1 Å². The molecule has 15 rings (SSSR count). The number of thiophene rings is 1. The van der Waals surface area contributed by atoms with Crippen LogP contribution in [0.1, 0.15) is 96.6 Å². The van der Waals surface area contributed by atoms with Crippen molar-refractivity contribution < 1.29 is 38.4 Å². The lowest BCUT2D eigenvalue weighted by Gasteiger charge is -2.46. The van der Waals surface area contributed by atoms with Crippen LogP contribution in [0.2, 0.25) is 0 Å². The molecule has 0 N–H and O–H groups in total. The average molecular weight is 944 g/mol. The number of para-hydroxylation sites is 3. The second-order valence-electron chi connectivity index (χ2n) is 19.4. The third-order valence-electron chi connectivity index (χ3n) is 13.3. The fourth-order valence-electron chi connectivity index (χ4n) is 10.1. The highest BCUT2D eigenvalue weighted by Gasteiger charge is 2.46. The Bertz CT molecular complexity index is 5960. The number of nitriles is 1. The molecule has 332 valence electrons. The van der Waals surface area contributed by atoms with Crippen LogP contribution in [-0.4, -0.2) is 15.8 Å². The van der Waals surface area contributed by atoms with Gasteiger partial charge in [0.2, 0.25) is 0 Å². The summed E-state index contributed by atoms with van der Waals surface area (Å²) in [5.74, 6) is 0. The number of aromatic nitrogens is 2. The van der Waals surface area contributed by atoms with Crippen LogP contribution in [-0.2, 0) is 10.8 Å². The monoisotopic (exact) mass is 944 g/mol. The Morgan fingerprint density at radius 3 is 1.84 bits per heavy atom. The zero-order chi connectivity index (χ0) is 71.5. The fraction of sp³-hybridized carbons (Fsp3) is 0.127. The minimum absolute atomic E-state index is 0.0135. The summed E-state index contributed by atoms with van der Waals surface area (Å²) in [6.45, 7) is 8.11. The zero-order valence-electron chi connectivity index (χ0n) is 65.7. The van der Waals surface area contributed by atoms with Gasteiger partial charge in [0.05, 0.1) is 89.1 Å². The van der Waals surface area contributed by atoms with E-state index in [2.05, 4.69) is 0 Å². The smallest absolute Gasteiger partial charge is 0.252 e. The van der Waals surface area contributed by atoms with Gasteiger partial charge in [-0.15, -0.1) is 11.3 Å². The van der Waals surface area contributed by atoms with Gasteiger partial charge in [-0.25, -0.2) is 0 Å². The van der Waals surface area contributed by atoms with E-state index in [9.17, 15) is 36.8 Å². The Labute approximate surface area is 450 Å². The lowest BCUT2D eigenvalue weighted by atomic mass is 9.33. The molecule has 0 saturated heterocycles. The van der Waals surface area contributed by atoms with Gasteiger partial charge in [0.1, 0.15) is 0 Å². The maximum Gasteiger partial charge on any atom is 0.252 e. The zero-order valence-corrected chi connectivity index (χ0v) is 38.5. The topological polar surface area (TPSA) is 40.1 Å². The Morgan fingerprint density at radius 2 is 1.10 bits per heavy atom. The summed E-state index contributed by atoms with van der Waals surface area (Å²) in [5, 5.41) is 9.60. The van der Waals surface area contributed by atoms with Crippen LogP contribution >= 0.6 is 11.3 Å². The van der Waals surface area contributed by atoms with Crippen molar-refractivity contribution >= 4 is 132 Å². The number of fused-ring (bicyclic) bond motifs is 15. The first-order valence-electron chi connectivity index (χ1n) is 36.2. The molecule has 0 spiro atoms. The van der Waals surface area contributed by atoms with Crippen LogP contribution in [0.25, 0.3) is 75.2 Å². The summed E-state index contributed by atoms with van der Waals surface area (Å²) >= 11 is 0.656. The molecule has 0 atom stereocenters. The predicted octanol–water partition coefficient (Wildman–Crippen LogP) is 15.1. The summed E-state index contributed by atoms with van der Waals surface area (Å²) < 4.78 is 275. The minimum Gasteiger partial charge on any atom is -0.311 e. The van der Waals surface area contributed by atoms with E-state index in [1.165, 1.54) is 0 Å². The molecule has 0 unspecified atom stereocenters. The average Bonchev–Trinajstić information content (AvgIpc) is 1.14. The van der Waals surface area contributed by atoms with E-state index < -0.39 is 271 Å². The molecule has 3 aliphatic heterocycles. The van der Waals surface area contributed by atoms with E-state index in [4.69, 9.17) is 6.85 Å². The van der Waals surface area contributed by atoms with Crippen LogP contribution in [0.5, 0.6) is 0 Å². The van der Waals surface area contributed by atoms with Crippen molar-refractivity contribution in [2.24, 2.45) is 0 Å². The van der Waals surface area contributed by atoms with Gasteiger partial charge in [0, 0.05) is 70.2 Å². The molecular formula is C63H46BN5S. The summed E-state index contributed by atoms with van der Waals surface area (Å²) in [7, 11) is 0. The van der Waals surface area contributed by atoms with E-state index in [0.29, 0.717) is 11.3 Å². The fourth-order valence-corrected chi connectivity index (χ4v) is 11.0. The molecule has 9 aromatic carbocycles. The van der Waals surface area contributed by atoms with E-state index >= 15 is 0 Å². The number of hydrogen-bond donors (Lipinski definition) is 0. The molecule has 0 saturated carbocycles. The summed E-state index contributed by atoms with van der Waals surface area (Å²) in [5.41, 5.74) is -11.2. The van der Waals surface area contributed by atoms with Gasteiger partial charge in [0.15, 0.2) is 0 Å². The van der Waals surface area contributed by atoms with Crippen molar-refractivity contribution in [2.45, 2.75) is 52.4 Å². The molecular weight excluding hydrogens is 870 g/mol. The molecule has 70 heavy (non-hydrogen) atoms. The summed E-state index contributed by atoms with van der Waals surface area (Å²) in [6.07, 6.45) is 0. The highest BCUT2D eigenvalue weighted by atomic mass is 32.1. The lowest BCUT2D eigenvalue weighted by molar-refractivity contribution is 0.590. The standard InChI is InChI=1S/C63H46BN5S/c1-62(2,3)37-21-26-50-44(31-37)45-32-38(63(4,5)6)22-27-51(45)66(50)40-23-25-47-54(34-40)67(39-24-28-58-46(33-39)42-14-8-10-20-57(42)70-58)55-29-36(35-65)30-56-59(55)64(47)48-16-12-19-53-61(48)69(56)52-18-11-15-43-41-13-7-9-17-49(41)68(53)60(43)52/h7-34H,1-6H3/i7D,8D,9D,10D,11D,12D,13D,14D,15D,16D,17D,18D,19D,20D,21D,22D,23D,24D,25D,26D,27D,28D,29D,30D,31D,32D,33D,34D. The predicted molar refractivity (Wildman–Crippen MR) is 298 cm³/mol. The minimum atomic E-state index is -2.03. The first-order chi connectivity index (χ1) is 45.7. The molecule has 3 aromatic heterocycles. The highest BCUT2D eigenvalue weighted by molar-refractivity contribution is 7.25. The number of hydrogen-bond acceptors (Lipinski definition) is 4. The van der Waals surface area contributed by atoms with E-state index in [0.717, 1.165) is 18.9 Å². The van der Waals surface area contributed by atoms with Gasteiger partial charge in [-0.05, 0) is 129 Å². The van der Waals surface area contributed by atoms with E-state index in [-0.39, 0.29) is 58.4 Å². The largest absolute Gasteiger partial charge is 0.311 e. The third kappa shape index (κ3) is 5.21. The van der Waals surface area contributed by atoms with Crippen LogP contribution in [0.15, 0.2) is 169 Å². The number of anilines is 6. The second-order valence-corrected chi connectivity index (χ2v) is 20.5. The van der Waals surface area contributed by atoms with Gasteiger partial charge in [-0.3, -0.25) is 0 Å². The Morgan fingerprint density at radius 1 is 0.471 bits per heavy atom. The molecule has 12 aromatic rings. The van der Waals surface area contributed by atoms with Gasteiger partial charge in [-0.1, -0.05) is 120 Å². The summed E-state index contributed by atoms with van der Waals surface area (Å²) in [6, 6.07) is -19.4. The van der Waals surface area contributed by atoms with Crippen LogP contribution in [0, 0.1) is 11.3 Å². The van der Waals surface area contributed by atoms with Gasteiger partial charge >= 0.3 is 0 Å². The maximum absolute atomic E-state index is 11.5. The van der Waals surface area contributed by atoms with Gasteiger partial charge in [-0.2, -0.15) is 5.26 Å². The quantitative estimate of drug-likeness (QED) is 0.162. The molecule has 0 amide bonds.